The molecule has 4 nitrogen and oxygen atoms in total. The molecule has 2 unspecified atom stereocenters. The molecule has 2 heterocycles. The smallest absolute Gasteiger partial charge is 0.416 e. The highest BCUT2D eigenvalue weighted by Crippen LogP contribution is 2.56. The van der Waals surface area contributed by atoms with Crippen LogP contribution >= 0.6 is 0 Å². The van der Waals surface area contributed by atoms with E-state index >= 15 is 0 Å². The summed E-state index contributed by atoms with van der Waals surface area (Å²) in [5.74, 6) is -1.51. The van der Waals surface area contributed by atoms with E-state index in [1.54, 1.807) is 6.92 Å². The summed E-state index contributed by atoms with van der Waals surface area (Å²) in [6, 6.07) is 2.54. The summed E-state index contributed by atoms with van der Waals surface area (Å²) in [4.78, 5) is 16.0. The zero-order valence-electron chi connectivity index (χ0n) is 13.7. The molecule has 134 valence electrons. The van der Waals surface area contributed by atoms with Crippen LogP contribution in [0.15, 0.2) is 17.1 Å². The molecular formula is C18H18F3NO3. The third-order valence-corrected chi connectivity index (χ3v) is 5.49. The number of hydrogen-bond acceptors (Lipinski definition) is 3. The number of nitrogens with zero attached hydrogens (tertiary/aromatic N) is 1. The molecule has 0 bridgehead atoms. The van der Waals surface area contributed by atoms with Crippen molar-refractivity contribution in [2.45, 2.75) is 50.3 Å². The Labute approximate surface area is 142 Å². The maximum Gasteiger partial charge on any atom is 0.416 e. The van der Waals surface area contributed by atoms with Crippen LogP contribution in [0.2, 0.25) is 0 Å². The van der Waals surface area contributed by atoms with Crippen LogP contribution in [0.1, 0.15) is 48.3 Å². The summed E-state index contributed by atoms with van der Waals surface area (Å²) < 4.78 is 46.5. The Morgan fingerprint density at radius 2 is 2.08 bits per heavy atom. The van der Waals surface area contributed by atoms with E-state index in [2.05, 4.69) is 4.99 Å². The van der Waals surface area contributed by atoms with E-state index in [0.717, 1.165) is 18.9 Å². The van der Waals surface area contributed by atoms with Gasteiger partial charge in [0.05, 0.1) is 23.4 Å². The summed E-state index contributed by atoms with van der Waals surface area (Å²) in [5.41, 5.74) is -0.0394. The fraction of sp³-hybridized carbons (Fsp3) is 0.556. The van der Waals surface area contributed by atoms with Gasteiger partial charge in [0.2, 0.25) is 0 Å². The van der Waals surface area contributed by atoms with Crippen molar-refractivity contribution < 1.29 is 27.8 Å². The number of carbonyl (C=O) groups is 1. The van der Waals surface area contributed by atoms with Gasteiger partial charge in [0.15, 0.2) is 0 Å². The van der Waals surface area contributed by atoms with Gasteiger partial charge in [0.25, 0.3) is 0 Å². The lowest BCUT2D eigenvalue weighted by Gasteiger charge is -2.40. The molecule has 2 atom stereocenters. The van der Waals surface area contributed by atoms with Crippen molar-refractivity contribution in [1.29, 1.82) is 0 Å². The highest BCUT2D eigenvalue weighted by molar-refractivity contribution is 6.07. The lowest BCUT2D eigenvalue weighted by Crippen LogP contribution is -2.51. The van der Waals surface area contributed by atoms with Crippen LogP contribution in [-0.4, -0.2) is 29.0 Å². The molecule has 0 amide bonds. The van der Waals surface area contributed by atoms with Gasteiger partial charge in [0, 0.05) is 12.5 Å². The van der Waals surface area contributed by atoms with Gasteiger partial charge in [-0.2, -0.15) is 13.2 Å². The molecule has 0 aromatic heterocycles. The van der Waals surface area contributed by atoms with Crippen molar-refractivity contribution in [3.8, 4) is 0 Å². The summed E-state index contributed by atoms with van der Waals surface area (Å²) in [6.07, 6.45) is -2.68. The molecule has 3 aliphatic rings. The number of halogens is 3. The predicted octanol–water partition coefficient (Wildman–Crippen LogP) is 4.23. The van der Waals surface area contributed by atoms with Crippen molar-refractivity contribution in [2.75, 3.05) is 6.61 Å². The molecule has 2 aliphatic heterocycles. The molecule has 0 spiro atoms. The number of alkyl halides is 3. The van der Waals surface area contributed by atoms with Gasteiger partial charge >= 0.3 is 12.1 Å². The van der Waals surface area contributed by atoms with E-state index in [0.29, 0.717) is 23.4 Å². The molecule has 1 aliphatic carbocycles. The van der Waals surface area contributed by atoms with Crippen molar-refractivity contribution in [3.05, 3.63) is 28.8 Å². The maximum atomic E-state index is 13.5. The minimum atomic E-state index is -4.46. The van der Waals surface area contributed by atoms with Crippen molar-refractivity contribution in [1.82, 2.24) is 0 Å². The number of aliphatic carboxylic acids is 1. The number of carboxylic acids is 1. The number of aliphatic imine (C=N–C) groups is 1. The van der Waals surface area contributed by atoms with Crippen LogP contribution in [0.3, 0.4) is 0 Å². The summed E-state index contributed by atoms with van der Waals surface area (Å²) in [7, 11) is 0. The van der Waals surface area contributed by atoms with Gasteiger partial charge in [-0.25, -0.2) is 0 Å². The molecular weight excluding hydrogens is 335 g/mol. The molecule has 1 aromatic rings. The number of benzene rings is 1. The Balaban J connectivity index is 1.87. The van der Waals surface area contributed by atoms with E-state index < -0.39 is 29.2 Å². The van der Waals surface area contributed by atoms with Crippen molar-refractivity contribution in [2.24, 2.45) is 10.9 Å². The number of hydrogen-bond donors (Lipinski definition) is 1. The normalized spacial score (nSPS) is 28.3. The van der Waals surface area contributed by atoms with Gasteiger partial charge in [-0.15, -0.1) is 0 Å². The largest absolute Gasteiger partial charge is 0.481 e. The van der Waals surface area contributed by atoms with Gasteiger partial charge < -0.3 is 9.84 Å². The predicted molar refractivity (Wildman–Crippen MR) is 84.3 cm³/mol. The minimum Gasteiger partial charge on any atom is -0.481 e. The highest BCUT2D eigenvalue weighted by atomic mass is 19.4. The Morgan fingerprint density at radius 1 is 1.36 bits per heavy atom. The molecule has 1 N–H and O–H groups in total. The number of aryl methyl sites for hydroxylation is 1. The third-order valence-electron chi connectivity index (χ3n) is 5.49. The van der Waals surface area contributed by atoms with Crippen LogP contribution in [0.5, 0.6) is 0 Å². The van der Waals surface area contributed by atoms with Crippen LogP contribution in [0.4, 0.5) is 18.9 Å². The lowest BCUT2D eigenvalue weighted by molar-refractivity contribution is -0.144. The first-order valence-electron chi connectivity index (χ1n) is 8.39. The molecule has 0 radical (unpaired) electrons. The van der Waals surface area contributed by atoms with Gasteiger partial charge in [0.1, 0.15) is 5.60 Å². The fourth-order valence-corrected chi connectivity index (χ4v) is 4.29. The van der Waals surface area contributed by atoms with E-state index in [1.165, 1.54) is 6.07 Å². The maximum absolute atomic E-state index is 13.5. The summed E-state index contributed by atoms with van der Waals surface area (Å²) >= 11 is 0. The molecule has 2 fully saturated rings. The summed E-state index contributed by atoms with van der Waals surface area (Å²) in [6.45, 7) is 1.98. The Morgan fingerprint density at radius 3 is 2.68 bits per heavy atom. The van der Waals surface area contributed by atoms with E-state index in [-0.39, 0.29) is 24.5 Å². The Kier molecular flexibility index (Phi) is 3.51. The zero-order valence-corrected chi connectivity index (χ0v) is 13.7. The Hall–Kier alpha value is -1.89. The van der Waals surface area contributed by atoms with Crippen molar-refractivity contribution in [3.63, 3.8) is 0 Å². The topological polar surface area (TPSA) is 58.9 Å². The molecule has 7 heteroatoms. The molecule has 1 aromatic carbocycles. The molecule has 1 saturated carbocycles. The molecule has 4 rings (SSSR count). The Bertz CT molecular complexity index is 783. The van der Waals surface area contributed by atoms with Crippen molar-refractivity contribution >= 4 is 17.4 Å². The number of rotatable bonds is 3. The quantitative estimate of drug-likeness (QED) is 0.885. The first-order valence-corrected chi connectivity index (χ1v) is 8.39. The number of fused-ring (bicyclic) bond motifs is 3. The standard InChI is InChI=1S/C18H18F3NO3/c1-9-2-5-12(18(19,20)21)14-11-6-7-25-17(8-13(23)24,10-3-4-10)16(11)22-15(9)14/h2,5,10-11H,3-4,6-8H2,1H3,(H,23,24). The highest BCUT2D eigenvalue weighted by Gasteiger charge is 2.57. The van der Waals surface area contributed by atoms with E-state index in [4.69, 9.17) is 4.74 Å². The van der Waals surface area contributed by atoms with Gasteiger partial charge in [-0.1, -0.05) is 6.07 Å². The second-order valence-electron chi connectivity index (χ2n) is 7.11. The minimum absolute atomic E-state index is 0.0223. The lowest BCUT2D eigenvalue weighted by atomic mass is 9.75. The fourth-order valence-electron chi connectivity index (χ4n) is 4.29. The second-order valence-corrected chi connectivity index (χ2v) is 7.11. The molecule has 1 saturated heterocycles. The van der Waals surface area contributed by atoms with Crippen LogP contribution in [0, 0.1) is 12.8 Å². The number of ether oxygens (including phenoxy) is 1. The monoisotopic (exact) mass is 353 g/mol. The zero-order chi connectivity index (χ0) is 18.0. The number of carboxylic acid groups (broad SMARTS) is 1. The first kappa shape index (κ1) is 16.6. The average Bonchev–Trinajstić information content (AvgIpc) is 3.28. The third kappa shape index (κ3) is 2.47. The average molecular weight is 353 g/mol. The van der Waals surface area contributed by atoms with Crippen LogP contribution < -0.4 is 0 Å². The van der Waals surface area contributed by atoms with E-state index in [1.807, 2.05) is 0 Å². The van der Waals surface area contributed by atoms with Gasteiger partial charge in [-0.05, 0) is 49.3 Å². The first-order chi connectivity index (χ1) is 11.7. The molecule has 25 heavy (non-hydrogen) atoms. The van der Waals surface area contributed by atoms with Crippen LogP contribution in [-0.2, 0) is 15.7 Å². The van der Waals surface area contributed by atoms with Crippen LogP contribution in [0.25, 0.3) is 0 Å². The van der Waals surface area contributed by atoms with E-state index in [9.17, 15) is 23.1 Å². The van der Waals surface area contributed by atoms with Gasteiger partial charge in [-0.3, -0.25) is 9.79 Å². The SMILES string of the molecule is Cc1ccc(C(F)(F)F)c2c1N=C1C2CCOC1(CC(=O)O)C1CC1. The summed E-state index contributed by atoms with van der Waals surface area (Å²) in [5, 5.41) is 9.37. The second kappa shape index (κ2) is 5.30.